The molecule has 0 radical (unpaired) electrons. The van der Waals surface area contributed by atoms with E-state index in [0.717, 1.165) is 27.6 Å². The minimum Gasteiger partial charge on any atom is -0.481 e. The lowest BCUT2D eigenvalue weighted by atomic mass is 9.86. The lowest BCUT2D eigenvalue weighted by molar-refractivity contribution is -0.142. The Kier molecular flexibility index (Phi) is 6.55. The van der Waals surface area contributed by atoms with Crippen LogP contribution in [0.15, 0.2) is 72.9 Å². The highest BCUT2D eigenvalue weighted by Crippen LogP contribution is 2.28. The third-order valence-corrected chi connectivity index (χ3v) is 6.97. The zero-order chi connectivity index (χ0) is 24.4. The number of carbonyl (C=O) groups excluding carboxylic acids is 1. The summed E-state index contributed by atoms with van der Waals surface area (Å²) in [5.74, 6) is -1.29. The van der Waals surface area contributed by atoms with Gasteiger partial charge in [0, 0.05) is 16.5 Å². The molecule has 0 unspecified atom stereocenters. The molecule has 3 aromatic carbocycles. The van der Waals surface area contributed by atoms with Crippen molar-refractivity contribution in [2.24, 2.45) is 5.92 Å². The van der Waals surface area contributed by atoms with E-state index in [1.165, 1.54) is 0 Å². The fourth-order valence-electron chi connectivity index (χ4n) is 4.84. The van der Waals surface area contributed by atoms with Gasteiger partial charge >= 0.3 is 5.97 Å². The van der Waals surface area contributed by atoms with E-state index in [1.54, 1.807) is 12.3 Å². The number of hydrogen-bond acceptors (Lipinski definition) is 3. The number of fused-ring (bicyclic) bond motifs is 1. The molecular weight excluding hydrogens is 462 g/mol. The number of aromatic nitrogens is 2. The third-order valence-electron chi connectivity index (χ3n) is 6.75. The van der Waals surface area contributed by atoms with Crippen LogP contribution >= 0.6 is 11.6 Å². The van der Waals surface area contributed by atoms with E-state index < -0.39 is 5.97 Å². The molecule has 2 N–H and O–H groups in total. The topological polar surface area (TPSA) is 84.2 Å². The van der Waals surface area contributed by atoms with E-state index >= 15 is 0 Å². The highest BCUT2D eigenvalue weighted by atomic mass is 35.5. The first-order chi connectivity index (χ1) is 17.0. The average Bonchev–Trinajstić information content (AvgIpc) is 3.27. The third kappa shape index (κ3) is 5.08. The number of halogens is 1. The van der Waals surface area contributed by atoms with E-state index in [0.29, 0.717) is 42.8 Å². The molecule has 0 atom stereocenters. The predicted octanol–water partition coefficient (Wildman–Crippen LogP) is 5.78. The standard InChI is InChI=1S/C28H26ClN3O3/c29-23-14-22-16-30-32(17-18-6-8-20(9-7-18)19-4-2-1-3-5-19)26(22)25(15-23)27(33)31-24-12-10-21(11-13-24)28(34)35/h1-9,14-16,21,24H,10-13,17H2,(H,31,33)(H,34,35). The van der Waals surface area contributed by atoms with E-state index in [-0.39, 0.29) is 17.9 Å². The zero-order valence-electron chi connectivity index (χ0n) is 19.2. The van der Waals surface area contributed by atoms with Gasteiger partial charge in [-0.15, -0.1) is 0 Å². The molecule has 1 aliphatic rings. The number of nitrogens with zero attached hydrogens (tertiary/aromatic N) is 2. The van der Waals surface area contributed by atoms with Crippen LogP contribution < -0.4 is 5.32 Å². The highest BCUT2D eigenvalue weighted by Gasteiger charge is 2.27. The van der Waals surface area contributed by atoms with Crippen LogP contribution in [0.3, 0.4) is 0 Å². The second-order valence-corrected chi connectivity index (χ2v) is 9.55. The van der Waals surface area contributed by atoms with Crippen LogP contribution in [0.5, 0.6) is 0 Å². The van der Waals surface area contributed by atoms with Crippen molar-refractivity contribution >= 4 is 34.4 Å². The fraction of sp³-hybridized carbons (Fsp3) is 0.250. The molecule has 35 heavy (non-hydrogen) atoms. The molecule has 7 heteroatoms. The van der Waals surface area contributed by atoms with Gasteiger partial charge in [-0.2, -0.15) is 5.10 Å². The monoisotopic (exact) mass is 487 g/mol. The van der Waals surface area contributed by atoms with Gasteiger partial charge in [0.2, 0.25) is 0 Å². The van der Waals surface area contributed by atoms with Crippen LogP contribution in [-0.2, 0) is 11.3 Å². The normalized spacial score (nSPS) is 17.9. The summed E-state index contributed by atoms with van der Waals surface area (Å²) in [7, 11) is 0. The summed E-state index contributed by atoms with van der Waals surface area (Å²) in [5, 5.41) is 18.1. The lowest BCUT2D eigenvalue weighted by Crippen LogP contribution is -2.38. The van der Waals surface area contributed by atoms with Crippen LogP contribution in [0.1, 0.15) is 41.6 Å². The molecule has 0 aliphatic heterocycles. The SMILES string of the molecule is O=C(NC1CCC(C(=O)O)CC1)c1cc(Cl)cc2cnn(Cc3ccc(-c4ccccc4)cc3)c12. The van der Waals surface area contributed by atoms with Crippen molar-refractivity contribution in [2.75, 3.05) is 0 Å². The Balaban J connectivity index is 1.37. The smallest absolute Gasteiger partial charge is 0.306 e. The van der Waals surface area contributed by atoms with Gasteiger partial charge in [0.15, 0.2) is 0 Å². The van der Waals surface area contributed by atoms with Gasteiger partial charge in [-0.3, -0.25) is 14.3 Å². The van der Waals surface area contributed by atoms with E-state index in [2.05, 4.69) is 46.8 Å². The Labute approximate surface area is 208 Å². The molecule has 0 spiro atoms. The summed E-state index contributed by atoms with van der Waals surface area (Å²) in [5.41, 5.74) is 4.59. The van der Waals surface area contributed by atoms with Crippen LogP contribution in [0.4, 0.5) is 0 Å². The quantitative estimate of drug-likeness (QED) is 0.361. The number of carboxylic acids is 1. The van der Waals surface area contributed by atoms with Gasteiger partial charge in [0.05, 0.1) is 29.7 Å². The van der Waals surface area contributed by atoms with Crippen molar-refractivity contribution in [1.29, 1.82) is 0 Å². The number of amides is 1. The first-order valence-electron chi connectivity index (χ1n) is 11.8. The minimum atomic E-state index is -0.757. The number of carboxylic acid groups (broad SMARTS) is 1. The van der Waals surface area contributed by atoms with E-state index in [4.69, 9.17) is 11.6 Å². The first-order valence-corrected chi connectivity index (χ1v) is 12.2. The molecule has 1 aromatic heterocycles. The number of aliphatic carboxylic acids is 1. The largest absolute Gasteiger partial charge is 0.481 e. The fourth-order valence-corrected chi connectivity index (χ4v) is 5.07. The van der Waals surface area contributed by atoms with Crippen LogP contribution in [0, 0.1) is 5.92 Å². The molecule has 1 fully saturated rings. The number of carbonyl (C=O) groups is 2. The van der Waals surface area contributed by atoms with Gasteiger partial charge in [0.1, 0.15) is 0 Å². The molecule has 4 aromatic rings. The molecule has 1 aliphatic carbocycles. The lowest BCUT2D eigenvalue weighted by Gasteiger charge is -2.27. The number of benzene rings is 3. The predicted molar refractivity (Wildman–Crippen MR) is 137 cm³/mol. The molecule has 178 valence electrons. The van der Waals surface area contributed by atoms with Crippen molar-refractivity contribution < 1.29 is 14.7 Å². The second kappa shape index (κ2) is 9.92. The number of nitrogens with one attached hydrogen (secondary N) is 1. The summed E-state index contributed by atoms with van der Waals surface area (Å²) in [6.07, 6.45) is 4.18. The van der Waals surface area contributed by atoms with Crippen molar-refractivity contribution in [3.8, 4) is 11.1 Å². The molecule has 0 saturated heterocycles. The Morgan fingerprint density at radius 1 is 0.971 bits per heavy atom. The maximum Gasteiger partial charge on any atom is 0.306 e. The molecule has 6 nitrogen and oxygen atoms in total. The Hall–Kier alpha value is -3.64. The molecular formula is C28H26ClN3O3. The Morgan fingerprint density at radius 2 is 1.66 bits per heavy atom. The number of rotatable bonds is 6. The summed E-state index contributed by atoms with van der Waals surface area (Å²) in [6.45, 7) is 0.518. The molecule has 1 heterocycles. The van der Waals surface area contributed by atoms with Crippen LogP contribution in [-0.4, -0.2) is 32.8 Å². The summed E-state index contributed by atoms with van der Waals surface area (Å²) in [6, 6.07) is 22.0. The molecule has 1 saturated carbocycles. The molecule has 1 amide bonds. The molecule has 5 rings (SSSR count). The summed E-state index contributed by atoms with van der Waals surface area (Å²) < 4.78 is 1.83. The maximum absolute atomic E-state index is 13.3. The number of hydrogen-bond donors (Lipinski definition) is 2. The highest BCUT2D eigenvalue weighted by molar-refractivity contribution is 6.32. The van der Waals surface area contributed by atoms with Gasteiger partial charge in [-0.05, 0) is 54.5 Å². The van der Waals surface area contributed by atoms with Crippen LogP contribution in [0.2, 0.25) is 5.02 Å². The van der Waals surface area contributed by atoms with Crippen LogP contribution in [0.25, 0.3) is 22.0 Å². The van der Waals surface area contributed by atoms with Gasteiger partial charge in [-0.1, -0.05) is 66.2 Å². The van der Waals surface area contributed by atoms with Crippen molar-refractivity contribution in [2.45, 2.75) is 38.3 Å². The first kappa shape index (κ1) is 23.1. The van der Waals surface area contributed by atoms with E-state index in [1.807, 2.05) is 28.9 Å². The molecule has 0 bridgehead atoms. The zero-order valence-corrected chi connectivity index (χ0v) is 19.9. The van der Waals surface area contributed by atoms with Gasteiger partial charge < -0.3 is 10.4 Å². The van der Waals surface area contributed by atoms with Gasteiger partial charge in [0.25, 0.3) is 5.91 Å². The second-order valence-electron chi connectivity index (χ2n) is 9.12. The van der Waals surface area contributed by atoms with E-state index in [9.17, 15) is 14.7 Å². The van der Waals surface area contributed by atoms with Crippen molar-refractivity contribution in [3.05, 3.63) is 89.1 Å². The minimum absolute atomic E-state index is 0.0472. The van der Waals surface area contributed by atoms with Crippen molar-refractivity contribution in [1.82, 2.24) is 15.1 Å². The maximum atomic E-state index is 13.3. The van der Waals surface area contributed by atoms with Crippen molar-refractivity contribution in [3.63, 3.8) is 0 Å². The van der Waals surface area contributed by atoms with Gasteiger partial charge in [-0.25, -0.2) is 0 Å². The average molecular weight is 488 g/mol. The Bertz CT molecular complexity index is 1360. The Morgan fingerprint density at radius 3 is 2.34 bits per heavy atom. The summed E-state index contributed by atoms with van der Waals surface area (Å²) in [4.78, 5) is 24.5. The summed E-state index contributed by atoms with van der Waals surface area (Å²) >= 11 is 6.33.